The van der Waals surface area contributed by atoms with Gasteiger partial charge in [-0.05, 0) is 38.0 Å². The van der Waals surface area contributed by atoms with Crippen molar-refractivity contribution in [3.8, 4) is 0 Å². The Kier molecular flexibility index (Phi) is 5.59. The first kappa shape index (κ1) is 14.6. The van der Waals surface area contributed by atoms with Gasteiger partial charge in [0.1, 0.15) is 0 Å². The standard InChI is InChI=1S/C13H20BrNO2/c1-8-4-5-11(6-12(8)14)13(7-15)17-10(3)9(2)16/h4-6,9-10,13,16H,7,15H2,1-3H3. The first-order valence-corrected chi connectivity index (χ1v) is 6.54. The minimum atomic E-state index is -0.502. The van der Waals surface area contributed by atoms with Crippen LogP contribution in [0.2, 0.25) is 0 Å². The molecule has 1 aromatic carbocycles. The van der Waals surface area contributed by atoms with Crippen molar-refractivity contribution in [1.82, 2.24) is 0 Å². The van der Waals surface area contributed by atoms with Crippen molar-refractivity contribution in [1.29, 1.82) is 0 Å². The van der Waals surface area contributed by atoms with Crippen LogP contribution in [0.4, 0.5) is 0 Å². The largest absolute Gasteiger partial charge is 0.391 e. The van der Waals surface area contributed by atoms with Gasteiger partial charge in [0.2, 0.25) is 0 Å². The lowest BCUT2D eigenvalue weighted by atomic mass is 10.1. The molecule has 0 heterocycles. The highest BCUT2D eigenvalue weighted by Crippen LogP contribution is 2.24. The van der Waals surface area contributed by atoms with Crippen molar-refractivity contribution in [3.05, 3.63) is 33.8 Å². The van der Waals surface area contributed by atoms with Crippen molar-refractivity contribution < 1.29 is 9.84 Å². The van der Waals surface area contributed by atoms with Crippen LogP contribution in [0.25, 0.3) is 0 Å². The van der Waals surface area contributed by atoms with Gasteiger partial charge in [-0.25, -0.2) is 0 Å². The van der Waals surface area contributed by atoms with E-state index >= 15 is 0 Å². The second-order valence-electron chi connectivity index (χ2n) is 4.31. The van der Waals surface area contributed by atoms with Gasteiger partial charge < -0.3 is 15.6 Å². The summed E-state index contributed by atoms with van der Waals surface area (Å²) >= 11 is 3.49. The van der Waals surface area contributed by atoms with Gasteiger partial charge in [-0.1, -0.05) is 28.1 Å². The van der Waals surface area contributed by atoms with Gasteiger partial charge >= 0.3 is 0 Å². The summed E-state index contributed by atoms with van der Waals surface area (Å²) in [5.74, 6) is 0. The van der Waals surface area contributed by atoms with E-state index in [1.807, 2.05) is 32.0 Å². The van der Waals surface area contributed by atoms with Crippen molar-refractivity contribution >= 4 is 15.9 Å². The maximum Gasteiger partial charge on any atom is 0.0952 e. The molecule has 0 fully saturated rings. The fourth-order valence-corrected chi connectivity index (χ4v) is 1.85. The number of benzene rings is 1. The van der Waals surface area contributed by atoms with Crippen LogP contribution in [0.1, 0.15) is 31.1 Å². The van der Waals surface area contributed by atoms with Gasteiger partial charge in [-0.2, -0.15) is 0 Å². The van der Waals surface area contributed by atoms with E-state index in [1.165, 1.54) is 5.56 Å². The maximum absolute atomic E-state index is 9.44. The fraction of sp³-hybridized carbons (Fsp3) is 0.538. The summed E-state index contributed by atoms with van der Waals surface area (Å²) < 4.78 is 6.79. The zero-order valence-corrected chi connectivity index (χ0v) is 12.1. The number of nitrogens with two attached hydrogens (primary N) is 1. The van der Waals surface area contributed by atoms with Gasteiger partial charge in [0, 0.05) is 11.0 Å². The summed E-state index contributed by atoms with van der Waals surface area (Å²) in [4.78, 5) is 0. The molecule has 0 aromatic heterocycles. The van der Waals surface area contributed by atoms with E-state index in [9.17, 15) is 5.11 Å². The minimum Gasteiger partial charge on any atom is -0.391 e. The van der Waals surface area contributed by atoms with E-state index in [0.29, 0.717) is 6.54 Å². The van der Waals surface area contributed by atoms with Gasteiger partial charge in [0.15, 0.2) is 0 Å². The molecule has 3 atom stereocenters. The Morgan fingerprint density at radius 1 is 1.41 bits per heavy atom. The second kappa shape index (κ2) is 6.50. The molecule has 0 saturated heterocycles. The second-order valence-corrected chi connectivity index (χ2v) is 5.17. The molecule has 0 saturated carbocycles. The van der Waals surface area contributed by atoms with Crippen LogP contribution >= 0.6 is 15.9 Å². The normalized spacial score (nSPS) is 16.6. The molecule has 3 unspecified atom stereocenters. The predicted molar refractivity (Wildman–Crippen MR) is 72.9 cm³/mol. The van der Waals surface area contributed by atoms with E-state index < -0.39 is 6.10 Å². The average Bonchev–Trinajstić information content (AvgIpc) is 2.29. The summed E-state index contributed by atoms with van der Waals surface area (Å²) in [5, 5.41) is 9.44. The van der Waals surface area contributed by atoms with Gasteiger partial charge in [0.05, 0.1) is 18.3 Å². The van der Waals surface area contributed by atoms with Crippen LogP contribution < -0.4 is 5.73 Å². The zero-order chi connectivity index (χ0) is 13.0. The molecule has 0 bridgehead atoms. The molecule has 1 rings (SSSR count). The first-order chi connectivity index (χ1) is 7.95. The number of hydrogen-bond acceptors (Lipinski definition) is 3. The highest BCUT2D eigenvalue weighted by Gasteiger charge is 2.17. The van der Waals surface area contributed by atoms with Crippen molar-refractivity contribution in [2.75, 3.05) is 6.54 Å². The molecule has 1 aromatic rings. The maximum atomic E-state index is 9.44. The summed E-state index contributed by atoms with van der Waals surface area (Å²) in [7, 11) is 0. The number of rotatable bonds is 5. The minimum absolute atomic E-state index is 0.184. The molecule has 17 heavy (non-hydrogen) atoms. The molecule has 0 spiro atoms. The lowest BCUT2D eigenvalue weighted by Gasteiger charge is -2.23. The number of halogens is 1. The van der Waals surface area contributed by atoms with Crippen LogP contribution in [0, 0.1) is 6.92 Å². The van der Waals surface area contributed by atoms with Gasteiger partial charge in [-0.3, -0.25) is 0 Å². The predicted octanol–water partition coefficient (Wildman–Crippen LogP) is 2.54. The van der Waals surface area contributed by atoms with E-state index in [1.54, 1.807) is 6.92 Å². The molecule has 3 nitrogen and oxygen atoms in total. The van der Waals surface area contributed by atoms with Crippen LogP contribution in [-0.4, -0.2) is 23.9 Å². The Bertz CT molecular complexity index is 368. The van der Waals surface area contributed by atoms with Crippen LogP contribution in [0.5, 0.6) is 0 Å². The average molecular weight is 302 g/mol. The summed E-state index contributed by atoms with van der Waals surface area (Å²) in [5.41, 5.74) is 7.92. The molecule has 0 aliphatic heterocycles. The topological polar surface area (TPSA) is 55.5 Å². The fourth-order valence-electron chi connectivity index (χ4n) is 1.45. The van der Waals surface area contributed by atoms with Crippen molar-refractivity contribution in [2.24, 2.45) is 5.73 Å². The number of aliphatic hydroxyl groups excluding tert-OH is 1. The SMILES string of the molecule is Cc1ccc(C(CN)OC(C)C(C)O)cc1Br. The van der Waals surface area contributed by atoms with E-state index in [-0.39, 0.29) is 12.2 Å². The number of ether oxygens (including phenoxy) is 1. The third-order valence-electron chi connectivity index (χ3n) is 2.84. The van der Waals surface area contributed by atoms with Crippen molar-refractivity contribution in [2.45, 2.75) is 39.1 Å². The van der Waals surface area contributed by atoms with Crippen LogP contribution in [0.3, 0.4) is 0 Å². The third kappa shape index (κ3) is 4.07. The molecule has 0 radical (unpaired) electrons. The molecule has 0 aliphatic carbocycles. The quantitative estimate of drug-likeness (QED) is 0.879. The Hall–Kier alpha value is -0.420. The zero-order valence-electron chi connectivity index (χ0n) is 10.5. The van der Waals surface area contributed by atoms with Crippen molar-refractivity contribution in [3.63, 3.8) is 0 Å². The molecule has 96 valence electrons. The van der Waals surface area contributed by atoms with Crippen LogP contribution in [0.15, 0.2) is 22.7 Å². The lowest BCUT2D eigenvalue weighted by Crippen LogP contribution is -2.28. The Balaban J connectivity index is 2.82. The smallest absolute Gasteiger partial charge is 0.0952 e. The summed E-state index contributed by atoms with van der Waals surface area (Å²) in [6.45, 7) is 5.98. The number of aliphatic hydroxyl groups is 1. The van der Waals surface area contributed by atoms with E-state index in [4.69, 9.17) is 10.5 Å². The van der Waals surface area contributed by atoms with Gasteiger partial charge in [-0.15, -0.1) is 0 Å². The van der Waals surface area contributed by atoms with E-state index in [0.717, 1.165) is 10.0 Å². The monoisotopic (exact) mass is 301 g/mol. The Labute approximate surface area is 111 Å². The lowest BCUT2D eigenvalue weighted by molar-refractivity contribution is -0.0591. The molecule has 4 heteroatoms. The Morgan fingerprint density at radius 2 is 2.06 bits per heavy atom. The summed E-state index contributed by atoms with van der Waals surface area (Å²) in [6, 6.07) is 6.05. The molecular formula is C13H20BrNO2. The third-order valence-corrected chi connectivity index (χ3v) is 3.69. The molecule has 3 N–H and O–H groups in total. The highest BCUT2D eigenvalue weighted by atomic mass is 79.9. The number of hydrogen-bond donors (Lipinski definition) is 2. The van der Waals surface area contributed by atoms with Crippen LogP contribution in [-0.2, 0) is 4.74 Å². The summed E-state index contributed by atoms with van der Waals surface area (Å²) in [6.07, 6.45) is -0.918. The highest BCUT2D eigenvalue weighted by molar-refractivity contribution is 9.10. The van der Waals surface area contributed by atoms with Gasteiger partial charge in [0.25, 0.3) is 0 Å². The number of aryl methyl sites for hydroxylation is 1. The molecular weight excluding hydrogens is 282 g/mol. The molecule has 0 amide bonds. The first-order valence-electron chi connectivity index (χ1n) is 5.75. The molecule has 0 aliphatic rings. The Morgan fingerprint density at radius 3 is 2.53 bits per heavy atom. The van der Waals surface area contributed by atoms with E-state index in [2.05, 4.69) is 15.9 Å².